The fraction of sp³-hybridized carbons (Fsp3) is 1.00. The Morgan fingerprint density at radius 2 is 1.57 bits per heavy atom. The number of rotatable bonds is 2. The average Bonchev–Trinajstić information content (AvgIpc) is 2.36. The van der Waals surface area contributed by atoms with Crippen LogP contribution < -0.4 is 5.73 Å². The zero-order chi connectivity index (χ0) is 15.9. The van der Waals surface area contributed by atoms with Crippen LogP contribution in [0.1, 0.15) is 73.1 Å². The highest BCUT2D eigenvalue weighted by Crippen LogP contribution is 2.53. The van der Waals surface area contributed by atoms with Gasteiger partial charge in [-0.3, -0.25) is 0 Å². The van der Waals surface area contributed by atoms with Gasteiger partial charge in [0.15, 0.2) is 0 Å². The van der Waals surface area contributed by atoms with Gasteiger partial charge in [-0.1, -0.05) is 20.8 Å². The van der Waals surface area contributed by atoms with E-state index in [0.29, 0.717) is 12.0 Å². The molecule has 124 valence electrons. The molecule has 2 rings (SSSR count). The summed E-state index contributed by atoms with van der Waals surface area (Å²) < 4.78 is 5.84. The molecule has 3 nitrogen and oxygen atoms in total. The highest BCUT2D eigenvalue weighted by Gasteiger charge is 2.54. The quantitative estimate of drug-likeness (QED) is 0.820. The molecule has 2 atom stereocenters. The van der Waals surface area contributed by atoms with E-state index in [0.717, 1.165) is 31.6 Å². The van der Waals surface area contributed by atoms with Crippen molar-refractivity contribution in [2.24, 2.45) is 22.5 Å². The standard InChI is InChI=1S/C18H35NO2/c1-13-10-18(20,11-14(2)21-13)17(12-19)8-6-15(7-9-17)16(3,4)5/h13-15,20H,6-12,19H2,1-5H3. The molecule has 0 aromatic carbocycles. The molecular formula is C18H35NO2. The number of hydrogen-bond acceptors (Lipinski definition) is 3. The Balaban J connectivity index is 2.16. The summed E-state index contributed by atoms with van der Waals surface area (Å²) in [6.07, 6.45) is 6.20. The molecule has 0 amide bonds. The molecule has 1 saturated heterocycles. The summed E-state index contributed by atoms with van der Waals surface area (Å²) in [4.78, 5) is 0. The van der Waals surface area contributed by atoms with Gasteiger partial charge < -0.3 is 15.6 Å². The van der Waals surface area contributed by atoms with Crippen LogP contribution in [0.15, 0.2) is 0 Å². The second kappa shape index (κ2) is 5.82. The largest absolute Gasteiger partial charge is 0.389 e. The second-order valence-corrected chi connectivity index (χ2v) is 8.82. The SMILES string of the molecule is CC1CC(O)(C2(CN)CCC(C(C)(C)C)CC2)CC(C)O1. The van der Waals surface area contributed by atoms with Crippen LogP contribution in [-0.2, 0) is 4.74 Å². The average molecular weight is 297 g/mol. The lowest BCUT2D eigenvalue weighted by molar-refractivity contribution is -0.197. The lowest BCUT2D eigenvalue weighted by atomic mass is 9.55. The summed E-state index contributed by atoms with van der Waals surface area (Å²) in [6.45, 7) is 11.7. The number of ether oxygens (including phenoxy) is 1. The van der Waals surface area contributed by atoms with Crippen molar-refractivity contribution >= 4 is 0 Å². The fourth-order valence-electron chi connectivity index (χ4n) is 4.86. The molecule has 1 heterocycles. The minimum absolute atomic E-state index is 0.110. The molecule has 21 heavy (non-hydrogen) atoms. The highest BCUT2D eigenvalue weighted by molar-refractivity contribution is 5.05. The molecule has 2 aliphatic rings. The minimum Gasteiger partial charge on any atom is -0.389 e. The summed E-state index contributed by atoms with van der Waals surface area (Å²) in [7, 11) is 0. The van der Waals surface area contributed by atoms with Crippen LogP contribution in [0.4, 0.5) is 0 Å². The first kappa shape index (κ1) is 17.2. The van der Waals surface area contributed by atoms with Gasteiger partial charge in [0.1, 0.15) is 0 Å². The predicted molar refractivity (Wildman–Crippen MR) is 87.1 cm³/mol. The van der Waals surface area contributed by atoms with E-state index in [2.05, 4.69) is 34.6 Å². The van der Waals surface area contributed by atoms with E-state index in [1.54, 1.807) is 0 Å². The van der Waals surface area contributed by atoms with E-state index in [-0.39, 0.29) is 17.6 Å². The molecule has 0 aromatic rings. The third kappa shape index (κ3) is 3.30. The molecule has 2 unspecified atom stereocenters. The van der Waals surface area contributed by atoms with Crippen molar-refractivity contribution in [2.45, 2.75) is 91.0 Å². The predicted octanol–water partition coefficient (Wildman–Crippen LogP) is 3.49. The van der Waals surface area contributed by atoms with Crippen LogP contribution >= 0.6 is 0 Å². The van der Waals surface area contributed by atoms with Crippen molar-refractivity contribution in [3.05, 3.63) is 0 Å². The number of aliphatic hydroxyl groups is 1. The first-order chi connectivity index (χ1) is 9.62. The zero-order valence-electron chi connectivity index (χ0n) is 14.6. The van der Waals surface area contributed by atoms with Crippen LogP contribution in [-0.4, -0.2) is 29.5 Å². The lowest BCUT2D eigenvalue weighted by Gasteiger charge is -2.55. The third-order valence-electron chi connectivity index (χ3n) is 6.26. The molecule has 0 radical (unpaired) electrons. The van der Waals surface area contributed by atoms with Gasteiger partial charge in [0, 0.05) is 24.8 Å². The number of hydrogen-bond donors (Lipinski definition) is 2. The number of nitrogens with two attached hydrogens (primary N) is 1. The van der Waals surface area contributed by atoms with Crippen molar-refractivity contribution in [3.8, 4) is 0 Å². The maximum Gasteiger partial charge on any atom is 0.0764 e. The van der Waals surface area contributed by atoms with Gasteiger partial charge in [0.05, 0.1) is 17.8 Å². The summed E-state index contributed by atoms with van der Waals surface area (Å²) in [6, 6.07) is 0. The summed E-state index contributed by atoms with van der Waals surface area (Å²) in [5.41, 5.74) is 5.80. The van der Waals surface area contributed by atoms with E-state index in [1.165, 1.54) is 12.8 Å². The Hall–Kier alpha value is -0.120. The summed E-state index contributed by atoms with van der Waals surface area (Å²) in [5, 5.41) is 11.4. The van der Waals surface area contributed by atoms with Gasteiger partial charge >= 0.3 is 0 Å². The fourth-order valence-corrected chi connectivity index (χ4v) is 4.86. The molecule has 1 saturated carbocycles. The second-order valence-electron chi connectivity index (χ2n) is 8.82. The van der Waals surface area contributed by atoms with Crippen molar-refractivity contribution in [3.63, 3.8) is 0 Å². The Labute approximate surface area is 130 Å². The molecule has 0 bridgehead atoms. The monoisotopic (exact) mass is 297 g/mol. The zero-order valence-corrected chi connectivity index (χ0v) is 14.6. The van der Waals surface area contributed by atoms with Crippen molar-refractivity contribution in [1.29, 1.82) is 0 Å². The molecule has 3 heteroatoms. The van der Waals surface area contributed by atoms with Crippen LogP contribution in [0.2, 0.25) is 0 Å². The van der Waals surface area contributed by atoms with Crippen LogP contribution in [0.3, 0.4) is 0 Å². The third-order valence-corrected chi connectivity index (χ3v) is 6.26. The van der Waals surface area contributed by atoms with E-state index in [1.807, 2.05) is 0 Å². The maximum atomic E-state index is 11.4. The van der Waals surface area contributed by atoms with Gasteiger partial charge in [-0.05, 0) is 50.9 Å². The molecule has 3 N–H and O–H groups in total. The summed E-state index contributed by atoms with van der Waals surface area (Å²) >= 11 is 0. The van der Waals surface area contributed by atoms with Gasteiger partial charge in [0.2, 0.25) is 0 Å². The normalized spacial score (nSPS) is 45.6. The van der Waals surface area contributed by atoms with Crippen LogP contribution in [0, 0.1) is 16.7 Å². The molecular weight excluding hydrogens is 262 g/mol. The van der Waals surface area contributed by atoms with E-state index >= 15 is 0 Å². The Morgan fingerprint density at radius 3 is 1.95 bits per heavy atom. The van der Waals surface area contributed by atoms with Crippen molar-refractivity contribution in [2.75, 3.05) is 6.54 Å². The molecule has 0 aromatic heterocycles. The minimum atomic E-state index is -0.651. The first-order valence-corrected chi connectivity index (χ1v) is 8.70. The van der Waals surface area contributed by atoms with Gasteiger partial charge in [-0.2, -0.15) is 0 Å². The molecule has 0 spiro atoms. The summed E-state index contributed by atoms with van der Waals surface area (Å²) in [5.74, 6) is 0.746. The maximum absolute atomic E-state index is 11.4. The molecule has 2 fully saturated rings. The molecule has 1 aliphatic heterocycles. The molecule has 1 aliphatic carbocycles. The van der Waals surface area contributed by atoms with E-state index < -0.39 is 5.60 Å². The van der Waals surface area contributed by atoms with Crippen LogP contribution in [0.25, 0.3) is 0 Å². The Morgan fingerprint density at radius 1 is 1.10 bits per heavy atom. The van der Waals surface area contributed by atoms with E-state index in [9.17, 15) is 5.11 Å². The van der Waals surface area contributed by atoms with Crippen molar-refractivity contribution < 1.29 is 9.84 Å². The van der Waals surface area contributed by atoms with Crippen molar-refractivity contribution in [1.82, 2.24) is 0 Å². The topological polar surface area (TPSA) is 55.5 Å². The van der Waals surface area contributed by atoms with E-state index in [4.69, 9.17) is 10.5 Å². The lowest BCUT2D eigenvalue weighted by Crippen LogP contribution is -2.59. The Bertz CT molecular complexity index is 343. The van der Waals surface area contributed by atoms with Gasteiger partial charge in [-0.25, -0.2) is 0 Å². The first-order valence-electron chi connectivity index (χ1n) is 8.70. The van der Waals surface area contributed by atoms with Gasteiger partial charge in [0.25, 0.3) is 0 Å². The van der Waals surface area contributed by atoms with Crippen LogP contribution in [0.5, 0.6) is 0 Å². The van der Waals surface area contributed by atoms with Gasteiger partial charge in [-0.15, -0.1) is 0 Å². The smallest absolute Gasteiger partial charge is 0.0764 e. The highest BCUT2D eigenvalue weighted by atomic mass is 16.5. The Kier molecular flexibility index (Phi) is 4.78.